The van der Waals surface area contributed by atoms with E-state index in [9.17, 15) is 8.42 Å². The Morgan fingerprint density at radius 1 is 1.17 bits per heavy atom. The third kappa shape index (κ3) is 2.34. The zero-order valence-corrected chi connectivity index (χ0v) is 13.6. The predicted molar refractivity (Wildman–Crippen MR) is 88.2 cm³/mol. The van der Waals surface area contributed by atoms with Crippen molar-refractivity contribution in [3.05, 3.63) is 48.2 Å². The van der Waals surface area contributed by atoms with Gasteiger partial charge in [-0.1, -0.05) is 23.5 Å². The Kier molecular flexibility index (Phi) is 3.06. The second-order valence-electron chi connectivity index (χ2n) is 4.99. The van der Waals surface area contributed by atoms with E-state index < -0.39 is 10.0 Å². The molecule has 116 valence electrons. The number of aromatic nitrogens is 4. The van der Waals surface area contributed by atoms with E-state index in [0.717, 1.165) is 15.8 Å². The minimum atomic E-state index is -3.89. The molecular weight excluding hydrogens is 334 g/mol. The number of hydrogen-bond acceptors (Lipinski definition) is 6. The number of rotatable bonds is 3. The average Bonchev–Trinajstić information content (AvgIpc) is 3.05. The second kappa shape index (κ2) is 5.00. The summed E-state index contributed by atoms with van der Waals surface area (Å²) >= 11 is 1.39. The fourth-order valence-electron chi connectivity index (χ4n) is 2.30. The molecule has 3 aromatic heterocycles. The molecular formula is C14H11N5O2S2. The number of nitrogens with one attached hydrogen (secondary N) is 1. The van der Waals surface area contributed by atoms with Crippen LogP contribution in [0.15, 0.2) is 47.8 Å². The van der Waals surface area contributed by atoms with Crippen molar-refractivity contribution in [1.29, 1.82) is 0 Å². The van der Waals surface area contributed by atoms with Crippen molar-refractivity contribution < 1.29 is 8.42 Å². The molecule has 0 fully saturated rings. The summed E-state index contributed by atoms with van der Waals surface area (Å²) in [7, 11) is -3.89. The van der Waals surface area contributed by atoms with E-state index >= 15 is 0 Å². The van der Waals surface area contributed by atoms with Gasteiger partial charge >= 0.3 is 0 Å². The third-order valence-electron chi connectivity index (χ3n) is 3.31. The van der Waals surface area contributed by atoms with Crippen molar-refractivity contribution in [1.82, 2.24) is 19.6 Å². The van der Waals surface area contributed by atoms with Gasteiger partial charge in [0.25, 0.3) is 15.2 Å². The van der Waals surface area contributed by atoms with Crippen LogP contribution in [0.5, 0.6) is 0 Å². The SMILES string of the molecule is Cc1ccnc(NS(=O)(=O)c2nnc3sc4ccccc4n23)c1. The summed E-state index contributed by atoms with van der Waals surface area (Å²) in [4.78, 5) is 4.55. The summed E-state index contributed by atoms with van der Waals surface area (Å²) in [6.07, 6.45) is 1.55. The van der Waals surface area contributed by atoms with E-state index in [0.29, 0.717) is 4.96 Å². The quantitative estimate of drug-likeness (QED) is 0.616. The summed E-state index contributed by atoms with van der Waals surface area (Å²) in [6.45, 7) is 1.86. The van der Waals surface area contributed by atoms with Gasteiger partial charge in [0.15, 0.2) is 0 Å². The molecule has 9 heteroatoms. The van der Waals surface area contributed by atoms with Crippen LogP contribution in [0.4, 0.5) is 5.82 Å². The molecule has 0 saturated heterocycles. The first-order chi connectivity index (χ1) is 11.0. The van der Waals surface area contributed by atoms with E-state index in [2.05, 4.69) is 19.9 Å². The molecule has 0 saturated carbocycles. The van der Waals surface area contributed by atoms with Crippen LogP contribution in [0.1, 0.15) is 5.56 Å². The Hall–Kier alpha value is -2.52. The van der Waals surface area contributed by atoms with Crippen molar-refractivity contribution in [2.75, 3.05) is 4.72 Å². The van der Waals surface area contributed by atoms with Gasteiger partial charge in [0.2, 0.25) is 4.96 Å². The average molecular weight is 345 g/mol. The molecule has 4 rings (SSSR count). The number of thiazole rings is 1. The second-order valence-corrected chi connectivity index (χ2v) is 7.58. The number of aryl methyl sites for hydroxylation is 1. The van der Waals surface area contributed by atoms with Gasteiger partial charge in [0.1, 0.15) is 5.82 Å². The smallest absolute Gasteiger partial charge is 0.261 e. The van der Waals surface area contributed by atoms with Gasteiger partial charge in [-0.25, -0.2) is 4.98 Å². The monoisotopic (exact) mass is 345 g/mol. The lowest BCUT2D eigenvalue weighted by atomic mass is 10.3. The molecule has 0 radical (unpaired) electrons. The fraction of sp³-hybridized carbons (Fsp3) is 0.0714. The van der Waals surface area contributed by atoms with E-state index in [1.54, 1.807) is 18.3 Å². The van der Waals surface area contributed by atoms with Crippen LogP contribution in [0.25, 0.3) is 15.2 Å². The number of anilines is 1. The standard InChI is InChI=1S/C14H11N5O2S2/c1-9-6-7-15-12(8-9)18-23(20,21)14-17-16-13-19(14)10-4-2-3-5-11(10)22-13/h2-8H,1H3,(H,15,18). The van der Waals surface area contributed by atoms with Crippen molar-refractivity contribution in [3.63, 3.8) is 0 Å². The third-order valence-corrected chi connectivity index (χ3v) is 5.54. The molecule has 1 N–H and O–H groups in total. The Labute approximate surface area is 135 Å². The summed E-state index contributed by atoms with van der Waals surface area (Å²) in [5, 5.41) is 7.67. The molecule has 4 aromatic rings. The molecule has 0 aliphatic heterocycles. The van der Waals surface area contributed by atoms with Gasteiger partial charge in [-0.2, -0.15) is 8.42 Å². The molecule has 1 aromatic carbocycles. The van der Waals surface area contributed by atoms with Crippen molar-refractivity contribution >= 4 is 42.4 Å². The van der Waals surface area contributed by atoms with Gasteiger partial charge < -0.3 is 0 Å². The number of benzene rings is 1. The normalized spacial score (nSPS) is 12.0. The molecule has 7 nitrogen and oxygen atoms in total. The van der Waals surface area contributed by atoms with Crippen molar-refractivity contribution in [2.45, 2.75) is 12.1 Å². The van der Waals surface area contributed by atoms with Gasteiger partial charge in [-0.3, -0.25) is 9.12 Å². The molecule has 0 aliphatic carbocycles. The minimum Gasteiger partial charge on any atom is -0.261 e. The first-order valence-corrected chi connectivity index (χ1v) is 9.03. The first-order valence-electron chi connectivity index (χ1n) is 6.73. The summed E-state index contributed by atoms with van der Waals surface area (Å²) in [5.74, 6) is 0.251. The van der Waals surface area contributed by atoms with E-state index in [1.807, 2.05) is 31.2 Å². The van der Waals surface area contributed by atoms with E-state index in [-0.39, 0.29) is 11.0 Å². The molecule has 0 amide bonds. The predicted octanol–water partition coefficient (Wildman–Crippen LogP) is 2.45. The molecule has 0 spiro atoms. The molecule has 0 atom stereocenters. The Morgan fingerprint density at radius 2 is 2.00 bits per heavy atom. The Bertz CT molecular complexity index is 1130. The van der Waals surface area contributed by atoms with Crippen LogP contribution in [0.2, 0.25) is 0 Å². The molecule has 0 aliphatic rings. The molecule has 3 heterocycles. The number of para-hydroxylation sites is 1. The lowest BCUT2D eigenvalue weighted by Crippen LogP contribution is -2.17. The number of pyridine rings is 1. The van der Waals surface area contributed by atoms with Gasteiger partial charge in [0, 0.05) is 6.20 Å². The van der Waals surface area contributed by atoms with Crippen LogP contribution >= 0.6 is 11.3 Å². The van der Waals surface area contributed by atoms with Crippen molar-refractivity contribution in [2.24, 2.45) is 0 Å². The zero-order valence-electron chi connectivity index (χ0n) is 12.0. The summed E-state index contributed by atoms with van der Waals surface area (Å²) in [5.41, 5.74) is 1.67. The summed E-state index contributed by atoms with van der Waals surface area (Å²) in [6, 6.07) is 10.9. The van der Waals surface area contributed by atoms with Crippen LogP contribution < -0.4 is 4.72 Å². The largest absolute Gasteiger partial charge is 0.299 e. The number of sulfonamides is 1. The highest BCUT2D eigenvalue weighted by molar-refractivity contribution is 7.92. The zero-order chi connectivity index (χ0) is 16.0. The topological polar surface area (TPSA) is 89.2 Å². The molecule has 23 heavy (non-hydrogen) atoms. The highest BCUT2D eigenvalue weighted by Crippen LogP contribution is 2.27. The highest BCUT2D eigenvalue weighted by atomic mass is 32.2. The maximum Gasteiger partial charge on any atom is 0.299 e. The Morgan fingerprint density at radius 3 is 2.83 bits per heavy atom. The lowest BCUT2D eigenvalue weighted by molar-refractivity contribution is 0.591. The fourth-order valence-corrected chi connectivity index (χ4v) is 4.38. The van der Waals surface area contributed by atoms with Crippen LogP contribution in [-0.2, 0) is 10.0 Å². The van der Waals surface area contributed by atoms with Crippen LogP contribution in [0, 0.1) is 6.92 Å². The highest BCUT2D eigenvalue weighted by Gasteiger charge is 2.24. The first kappa shape index (κ1) is 14.1. The van der Waals surface area contributed by atoms with Gasteiger partial charge in [-0.05, 0) is 36.8 Å². The maximum atomic E-state index is 12.7. The van der Waals surface area contributed by atoms with Crippen LogP contribution in [0.3, 0.4) is 0 Å². The number of hydrogen-bond donors (Lipinski definition) is 1. The lowest BCUT2D eigenvalue weighted by Gasteiger charge is -2.05. The number of nitrogens with zero attached hydrogens (tertiary/aromatic N) is 4. The van der Waals surface area contributed by atoms with Gasteiger partial charge in [-0.15, -0.1) is 10.2 Å². The Balaban J connectivity index is 1.87. The van der Waals surface area contributed by atoms with E-state index in [1.165, 1.54) is 15.7 Å². The maximum absolute atomic E-state index is 12.7. The minimum absolute atomic E-state index is 0.145. The summed E-state index contributed by atoms with van der Waals surface area (Å²) < 4.78 is 30.3. The molecule has 0 unspecified atom stereocenters. The van der Waals surface area contributed by atoms with Gasteiger partial charge in [0.05, 0.1) is 10.2 Å². The van der Waals surface area contributed by atoms with Crippen LogP contribution in [-0.4, -0.2) is 28.0 Å². The number of fused-ring (bicyclic) bond motifs is 3. The molecule has 0 bridgehead atoms. The van der Waals surface area contributed by atoms with Crippen molar-refractivity contribution in [3.8, 4) is 0 Å². The van der Waals surface area contributed by atoms with E-state index in [4.69, 9.17) is 0 Å².